The molecule has 0 bridgehead atoms. The van der Waals surface area contributed by atoms with E-state index in [-0.39, 0.29) is 23.9 Å². The summed E-state index contributed by atoms with van der Waals surface area (Å²) >= 11 is 1.10. The number of methoxy groups -OCH3 is 1. The molecule has 0 aliphatic carbocycles. The lowest BCUT2D eigenvalue weighted by molar-refractivity contribution is -0.118. The minimum absolute atomic E-state index is 0.0704. The Balaban J connectivity index is 1.63. The molecule has 2 aromatic carbocycles. The van der Waals surface area contributed by atoms with Crippen molar-refractivity contribution < 1.29 is 23.0 Å². The zero-order chi connectivity index (χ0) is 20.4. The summed E-state index contributed by atoms with van der Waals surface area (Å²) in [6.07, 6.45) is 1.84. The first kappa shape index (κ1) is 19.7. The highest BCUT2D eigenvalue weighted by atomic mass is 32.1. The monoisotopic (exact) mass is 418 g/mol. The molecule has 0 radical (unpaired) electrons. The third-order valence-corrected chi connectivity index (χ3v) is 5.88. The fraction of sp³-hybridized carbons (Fsp3) is 0.333. The third kappa shape index (κ3) is 4.38. The summed E-state index contributed by atoms with van der Waals surface area (Å²) in [5.74, 6) is -0.866. The lowest BCUT2D eigenvalue weighted by atomic mass is 10.1. The molecule has 0 saturated carbocycles. The first-order valence-electron chi connectivity index (χ1n) is 9.34. The number of hydrogen-bond acceptors (Lipinski definition) is 5. The Morgan fingerprint density at radius 3 is 2.79 bits per heavy atom. The standard InChI is InChI=1S/C21H20F2N2O3S/c1-27-15-6-4-13(5-7-15)9-19(26)25(12-16-3-2-8-28-16)21-24-20-17(23)10-14(22)11-18(20)29-21/h4-7,10-11,16H,2-3,8-9,12H2,1H3. The van der Waals surface area contributed by atoms with E-state index in [0.717, 1.165) is 35.8 Å². The Kier molecular flexibility index (Phi) is 5.73. The minimum Gasteiger partial charge on any atom is -0.497 e. The number of fused-ring (bicyclic) bond motifs is 1. The van der Waals surface area contributed by atoms with E-state index < -0.39 is 11.6 Å². The molecule has 29 heavy (non-hydrogen) atoms. The molecule has 1 aromatic heterocycles. The van der Waals surface area contributed by atoms with Crippen LogP contribution in [0.5, 0.6) is 5.75 Å². The van der Waals surface area contributed by atoms with Gasteiger partial charge in [-0.3, -0.25) is 9.69 Å². The molecule has 1 aliphatic heterocycles. The topological polar surface area (TPSA) is 51.7 Å². The number of halogens is 2. The van der Waals surface area contributed by atoms with E-state index >= 15 is 0 Å². The molecule has 0 N–H and O–H groups in total. The molecule has 2 heterocycles. The van der Waals surface area contributed by atoms with E-state index in [2.05, 4.69) is 4.98 Å². The zero-order valence-corrected chi connectivity index (χ0v) is 16.7. The summed E-state index contributed by atoms with van der Waals surface area (Å²) in [6, 6.07) is 9.28. The van der Waals surface area contributed by atoms with Gasteiger partial charge >= 0.3 is 0 Å². The van der Waals surface area contributed by atoms with Crippen molar-refractivity contribution in [3.05, 3.63) is 53.6 Å². The van der Waals surface area contributed by atoms with E-state index in [1.54, 1.807) is 19.2 Å². The van der Waals surface area contributed by atoms with Crippen LogP contribution in [0.15, 0.2) is 36.4 Å². The summed E-state index contributed by atoms with van der Waals surface area (Å²) in [6.45, 7) is 0.990. The van der Waals surface area contributed by atoms with Gasteiger partial charge < -0.3 is 9.47 Å². The van der Waals surface area contributed by atoms with Gasteiger partial charge in [0.2, 0.25) is 5.91 Å². The molecule has 3 aromatic rings. The molecule has 8 heteroatoms. The molecule has 1 unspecified atom stereocenters. The second-order valence-corrected chi connectivity index (χ2v) is 7.90. The fourth-order valence-electron chi connectivity index (χ4n) is 3.35. The largest absolute Gasteiger partial charge is 0.497 e. The summed E-state index contributed by atoms with van der Waals surface area (Å²) in [7, 11) is 1.58. The quantitative estimate of drug-likeness (QED) is 0.598. The van der Waals surface area contributed by atoms with Crippen LogP contribution in [0, 0.1) is 11.6 Å². The van der Waals surface area contributed by atoms with Crippen molar-refractivity contribution in [3.8, 4) is 5.75 Å². The first-order valence-corrected chi connectivity index (χ1v) is 10.2. The average molecular weight is 418 g/mol. The van der Waals surface area contributed by atoms with Crippen LogP contribution in [0.4, 0.5) is 13.9 Å². The van der Waals surface area contributed by atoms with Crippen LogP contribution in [0.3, 0.4) is 0 Å². The van der Waals surface area contributed by atoms with Crippen LogP contribution in [0.1, 0.15) is 18.4 Å². The number of rotatable bonds is 6. The van der Waals surface area contributed by atoms with Crippen molar-refractivity contribution >= 4 is 32.6 Å². The zero-order valence-electron chi connectivity index (χ0n) is 15.9. The van der Waals surface area contributed by atoms with Crippen molar-refractivity contribution in [1.82, 2.24) is 4.98 Å². The molecule has 1 saturated heterocycles. The molecule has 4 rings (SSSR count). The van der Waals surface area contributed by atoms with Crippen LogP contribution in [0.2, 0.25) is 0 Å². The maximum atomic E-state index is 14.1. The van der Waals surface area contributed by atoms with Crippen molar-refractivity contribution in [2.45, 2.75) is 25.4 Å². The highest BCUT2D eigenvalue weighted by Gasteiger charge is 2.27. The second kappa shape index (κ2) is 8.42. The number of thiazole rings is 1. The summed E-state index contributed by atoms with van der Waals surface area (Å²) in [5.41, 5.74) is 0.896. The maximum Gasteiger partial charge on any atom is 0.233 e. The van der Waals surface area contributed by atoms with E-state index in [9.17, 15) is 13.6 Å². The Labute approximate surface area is 170 Å². The number of nitrogens with zero attached hydrogens (tertiary/aromatic N) is 2. The molecule has 0 spiro atoms. The van der Waals surface area contributed by atoms with E-state index in [0.29, 0.717) is 28.7 Å². The Morgan fingerprint density at radius 1 is 1.31 bits per heavy atom. The first-order chi connectivity index (χ1) is 14.0. The predicted molar refractivity (Wildman–Crippen MR) is 108 cm³/mol. The lowest BCUT2D eigenvalue weighted by Crippen LogP contribution is -2.38. The highest BCUT2D eigenvalue weighted by Crippen LogP contribution is 2.32. The number of anilines is 1. The lowest BCUT2D eigenvalue weighted by Gasteiger charge is -2.23. The number of carbonyl (C=O) groups excluding carboxylic acids is 1. The Bertz CT molecular complexity index is 1020. The van der Waals surface area contributed by atoms with Gasteiger partial charge in [-0.15, -0.1) is 0 Å². The van der Waals surface area contributed by atoms with Gasteiger partial charge in [0, 0.05) is 12.7 Å². The van der Waals surface area contributed by atoms with Gasteiger partial charge in [-0.1, -0.05) is 23.5 Å². The van der Waals surface area contributed by atoms with Crippen LogP contribution in [-0.4, -0.2) is 37.3 Å². The Hall–Kier alpha value is -2.58. The van der Waals surface area contributed by atoms with E-state index in [4.69, 9.17) is 9.47 Å². The number of ether oxygens (including phenoxy) is 2. The van der Waals surface area contributed by atoms with Gasteiger partial charge in [0.05, 0.1) is 30.9 Å². The van der Waals surface area contributed by atoms with Gasteiger partial charge in [-0.2, -0.15) is 0 Å². The predicted octanol–water partition coefficient (Wildman–Crippen LogP) is 4.34. The SMILES string of the molecule is COc1ccc(CC(=O)N(CC2CCCO2)c2nc3c(F)cc(F)cc3s2)cc1. The number of benzene rings is 2. The third-order valence-electron chi connectivity index (χ3n) is 4.86. The summed E-state index contributed by atoms with van der Waals surface area (Å²) < 4.78 is 38.9. The van der Waals surface area contributed by atoms with Crippen LogP contribution in [0.25, 0.3) is 10.2 Å². The van der Waals surface area contributed by atoms with Crippen molar-refractivity contribution in [2.75, 3.05) is 25.2 Å². The highest BCUT2D eigenvalue weighted by molar-refractivity contribution is 7.22. The fourth-order valence-corrected chi connectivity index (χ4v) is 4.38. The Morgan fingerprint density at radius 2 is 2.10 bits per heavy atom. The van der Waals surface area contributed by atoms with Crippen molar-refractivity contribution in [2.24, 2.45) is 0 Å². The van der Waals surface area contributed by atoms with Gasteiger partial charge in [-0.25, -0.2) is 13.8 Å². The summed E-state index contributed by atoms with van der Waals surface area (Å²) in [4.78, 5) is 18.9. The molecule has 1 fully saturated rings. The normalized spacial score (nSPS) is 16.3. The molecule has 152 valence electrons. The van der Waals surface area contributed by atoms with E-state index in [1.807, 2.05) is 12.1 Å². The second-order valence-electron chi connectivity index (χ2n) is 6.90. The van der Waals surface area contributed by atoms with Gasteiger partial charge in [0.1, 0.15) is 17.1 Å². The van der Waals surface area contributed by atoms with Crippen LogP contribution < -0.4 is 9.64 Å². The number of carbonyl (C=O) groups is 1. The number of aromatic nitrogens is 1. The molecule has 5 nitrogen and oxygen atoms in total. The molecule has 1 atom stereocenters. The average Bonchev–Trinajstić information content (AvgIpc) is 3.36. The summed E-state index contributed by atoms with van der Waals surface area (Å²) in [5, 5.41) is 0.346. The number of amides is 1. The molecule has 1 amide bonds. The van der Waals surface area contributed by atoms with Crippen molar-refractivity contribution in [3.63, 3.8) is 0 Å². The van der Waals surface area contributed by atoms with Crippen LogP contribution >= 0.6 is 11.3 Å². The van der Waals surface area contributed by atoms with Gasteiger partial charge in [0.15, 0.2) is 10.9 Å². The minimum atomic E-state index is -0.734. The molecule has 1 aliphatic rings. The smallest absolute Gasteiger partial charge is 0.233 e. The van der Waals surface area contributed by atoms with E-state index in [1.165, 1.54) is 11.0 Å². The van der Waals surface area contributed by atoms with Gasteiger partial charge in [0.25, 0.3) is 0 Å². The molecular weight excluding hydrogens is 398 g/mol. The van der Waals surface area contributed by atoms with Gasteiger partial charge in [-0.05, 0) is 36.6 Å². The molecular formula is C21H20F2N2O3S. The van der Waals surface area contributed by atoms with Crippen LogP contribution in [-0.2, 0) is 16.0 Å². The number of hydrogen-bond donors (Lipinski definition) is 0. The maximum absolute atomic E-state index is 14.1. The van der Waals surface area contributed by atoms with Crippen molar-refractivity contribution in [1.29, 1.82) is 0 Å².